The maximum Gasteiger partial charge on any atom is 0.247 e. The van der Waals surface area contributed by atoms with Gasteiger partial charge in [0.25, 0.3) is 0 Å². The van der Waals surface area contributed by atoms with E-state index in [0.29, 0.717) is 17.5 Å². The Hall–Kier alpha value is -2.97. The highest BCUT2D eigenvalue weighted by molar-refractivity contribution is 5.90. The van der Waals surface area contributed by atoms with Crippen molar-refractivity contribution in [2.45, 2.75) is 38.3 Å². The Labute approximate surface area is 144 Å². The zero-order valence-electron chi connectivity index (χ0n) is 14.0. The third-order valence-electron chi connectivity index (χ3n) is 4.51. The first-order valence-corrected chi connectivity index (χ1v) is 8.44. The highest BCUT2D eigenvalue weighted by Gasteiger charge is 2.20. The number of hydrogen-bond acceptors (Lipinski definition) is 6. The standard InChI is InChI=1S/C16H20N8O/c1-17-15-12-8-23(22-16(12)19-10-18-15)9-14(25)21-13-6-7-20-24(13)11-4-2-3-5-11/h6-8,10-11H,2-5,9H2,1H3,(H,21,25)(H,17,18,19,22). The second kappa shape index (κ2) is 6.50. The summed E-state index contributed by atoms with van der Waals surface area (Å²) in [4.78, 5) is 20.7. The lowest BCUT2D eigenvalue weighted by Gasteiger charge is -2.14. The van der Waals surface area contributed by atoms with Crippen LogP contribution >= 0.6 is 0 Å². The SMILES string of the molecule is CNc1ncnc2nn(CC(=O)Nc3ccnn3C3CCCC3)cc12. The van der Waals surface area contributed by atoms with Crippen LogP contribution in [-0.4, -0.2) is 42.5 Å². The molecule has 4 rings (SSSR count). The minimum atomic E-state index is -0.147. The fourth-order valence-corrected chi connectivity index (χ4v) is 3.35. The number of anilines is 2. The first kappa shape index (κ1) is 15.6. The van der Waals surface area contributed by atoms with E-state index in [1.807, 2.05) is 10.7 Å². The number of rotatable bonds is 5. The zero-order chi connectivity index (χ0) is 17.2. The first-order valence-electron chi connectivity index (χ1n) is 8.44. The van der Waals surface area contributed by atoms with Crippen molar-refractivity contribution in [3.05, 3.63) is 24.8 Å². The molecule has 0 radical (unpaired) electrons. The number of carbonyl (C=O) groups excluding carboxylic acids is 1. The highest BCUT2D eigenvalue weighted by atomic mass is 16.2. The van der Waals surface area contributed by atoms with Crippen molar-refractivity contribution >= 4 is 28.6 Å². The van der Waals surface area contributed by atoms with Gasteiger partial charge in [-0.25, -0.2) is 14.6 Å². The second-order valence-electron chi connectivity index (χ2n) is 6.18. The Kier molecular flexibility index (Phi) is 4.04. The van der Waals surface area contributed by atoms with E-state index < -0.39 is 0 Å². The number of fused-ring (bicyclic) bond motifs is 1. The molecule has 130 valence electrons. The third-order valence-corrected chi connectivity index (χ3v) is 4.51. The third kappa shape index (κ3) is 3.04. The van der Waals surface area contributed by atoms with Crippen LogP contribution in [0.5, 0.6) is 0 Å². The largest absolute Gasteiger partial charge is 0.372 e. The molecule has 1 aliphatic rings. The fourth-order valence-electron chi connectivity index (χ4n) is 3.35. The molecule has 0 saturated heterocycles. The quantitative estimate of drug-likeness (QED) is 0.734. The van der Waals surface area contributed by atoms with Gasteiger partial charge in [-0.05, 0) is 12.8 Å². The van der Waals surface area contributed by atoms with Gasteiger partial charge in [0, 0.05) is 19.3 Å². The second-order valence-corrected chi connectivity index (χ2v) is 6.18. The van der Waals surface area contributed by atoms with Gasteiger partial charge < -0.3 is 10.6 Å². The first-order chi connectivity index (χ1) is 12.2. The lowest BCUT2D eigenvalue weighted by Crippen LogP contribution is -2.22. The number of carbonyl (C=O) groups is 1. The van der Waals surface area contributed by atoms with Gasteiger partial charge in [-0.3, -0.25) is 9.48 Å². The van der Waals surface area contributed by atoms with E-state index in [0.717, 1.165) is 24.0 Å². The molecular weight excluding hydrogens is 320 g/mol. The monoisotopic (exact) mass is 340 g/mol. The molecule has 1 fully saturated rings. The van der Waals surface area contributed by atoms with Crippen LogP contribution in [0.3, 0.4) is 0 Å². The Morgan fingerprint density at radius 3 is 2.96 bits per heavy atom. The molecule has 1 saturated carbocycles. The molecule has 0 unspecified atom stereocenters. The normalized spacial score (nSPS) is 14.9. The number of aromatic nitrogens is 6. The number of nitrogens with zero attached hydrogens (tertiary/aromatic N) is 6. The molecule has 1 amide bonds. The minimum absolute atomic E-state index is 0.107. The van der Waals surface area contributed by atoms with Crippen molar-refractivity contribution < 1.29 is 4.79 Å². The molecule has 3 aromatic heterocycles. The summed E-state index contributed by atoms with van der Waals surface area (Å²) in [5.74, 6) is 1.28. The van der Waals surface area contributed by atoms with E-state index in [2.05, 4.69) is 30.8 Å². The molecule has 0 aliphatic heterocycles. The van der Waals surface area contributed by atoms with Crippen LogP contribution in [0.15, 0.2) is 24.8 Å². The van der Waals surface area contributed by atoms with Gasteiger partial charge in [-0.1, -0.05) is 12.8 Å². The molecule has 25 heavy (non-hydrogen) atoms. The van der Waals surface area contributed by atoms with Crippen molar-refractivity contribution in [1.82, 2.24) is 29.5 Å². The van der Waals surface area contributed by atoms with Crippen molar-refractivity contribution in [2.75, 3.05) is 17.7 Å². The summed E-state index contributed by atoms with van der Waals surface area (Å²) in [5, 5.41) is 15.4. The summed E-state index contributed by atoms with van der Waals surface area (Å²) >= 11 is 0. The lowest BCUT2D eigenvalue weighted by molar-refractivity contribution is -0.116. The van der Waals surface area contributed by atoms with Crippen LogP contribution in [0.1, 0.15) is 31.7 Å². The van der Waals surface area contributed by atoms with E-state index >= 15 is 0 Å². The van der Waals surface area contributed by atoms with E-state index in [1.165, 1.54) is 19.2 Å². The summed E-state index contributed by atoms with van der Waals surface area (Å²) in [5.41, 5.74) is 0.558. The average molecular weight is 340 g/mol. The van der Waals surface area contributed by atoms with Gasteiger partial charge in [0.1, 0.15) is 24.5 Å². The van der Waals surface area contributed by atoms with Crippen LogP contribution in [0, 0.1) is 0 Å². The summed E-state index contributed by atoms with van der Waals surface area (Å²) in [7, 11) is 1.79. The molecule has 2 N–H and O–H groups in total. The van der Waals surface area contributed by atoms with Crippen LogP contribution in [-0.2, 0) is 11.3 Å². The Morgan fingerprint density at radius 1 is 1.32 bits per heavy atom. The lowest BCUT2D eigenvalue weighted by atomic mass is 10.2. The van der Waals surface area contributed by atoms with Crippen molar-refractivity contribution in [3.8, 4) is 0 Å². The summed E-state index contributed by atoms with van der Waals surface area (Å²) in [6, 6.07) is 2.21. The van der Waals surface area contributed by atoms with Gasteiger partial charge in [-0.15, -0.1) is 0 Å². The smallest absolute Gasteiger partial charge is 0.247 e. The topological polar surface area (TPSA) is 103 Å². The molecule has 9 nitrogen and oxygen atoms in total. The number of nitrogens with one attached hydrogen (secondary N) is 2. The molecule has 9 heteroatoms. The maximum absolute atomic E-state index is 12.4. The van der Waals surface area contributed by atoms with Gasteiger partial charge in [0.2, 0.25) is 5.91 Å². The van der Waals surface area contributed by atoms with Gasteiger partial charge in [-0.2, -0.15) is 10.2 Å². The molecule has 1 aliphatic carbocycles. The molecule has 0 bridgehead atoms. The summed E-state index contributed by atoms with van der Waals surface area (Å²) in [6.45, 7) is 0.107. The predicted molar refractivity (Wildman–Crippen MR) is 93.2 cm³/mol. The van der Waals surface area contributed by atoms with Gasteiger partial charge >= 0.3 is 0 Å². The molecule has 3 heterocycles. The molecule has 0 atom stereocenters. The van der Waals surface area contributed by atoms with E-state index in [1.54, 1.807) is 24.1 Å². The molecular formula is C16H20N8O. The van der Waals surface area contributed by atoms with Gasteiger partial charge in [0.05, 0.1) is 17.6 Å². The number of amides is 1. The maximum atomic E-state index is 12.4. The Bertz CT molecular complexity index is 893. The summed E-state index contributed by atoms with van der Waals surface area (Å²) in [6.07, 6.45) is 9.60. The molecule has 3 aromatic rings. The fraction of sp³-hybridized carbons (Fsp3) is 0.438. The van der Waals surface area contributed by atoms with Crippen LogP contribution < -0.4 is 10.6 Å². The van der Waals surface area contributed by atoms with E-state index in [4.69, 9.17) is 0 Å². The molecule has 0 spiro atoms. The highest BCUT2D eigenvalue weighted by Crippen LogP contribution is 2.31. The Morgan fingerprint density at radius 2 is 2.16 bits per heavy atom. The van der Waals surface area contributed by atoms with E-state index in [-0.39, 0.29) is 12.5 Å². The van der Waals surface area contributed by atoms with E-state index in [9.17, 15) is 4.79 Å². The Balaban J connectivity index is 1.49. The van der Waals surface area contributed by atoms with Crippen molar-refractivity contribution in [1.29, 1.82) is 0 Å². The number of hydrogen-bond donors (Lipinski definition) is 2. The minimum Gasteiger partial charge on any atom is -0.372 e. The predicted octanol–water partition coefficient (Wildman–Crippen LogP) is 1.82. The van der Waals surface area contributed by atoms with Crippen LogP contribution in [0.4, 0.5) is 11.6 Å². The van der Waals surface area contributed by atoms with Gasteiger partial charge in [0.15, 0.2) is 5.65 Å². The zero-order valence-corrected chi connectivity index (χ0v) is 14.0. The van der Waals surface area contributed by atoms with Crippen LogP contribution in [0.25, 0.3) is 11.0 Å². The molecule has 0 aromatic carbocycles. The van der Waals surface area contributed by atoms with Crippen molar-refractivity contribution in [3.63, 3.8) is 0 Å². The summed E-state index contributed by atoms with van der Waals surface area (Å²) < 4.78 is 3.50. The van der Waals surface area contributed by atoms with Crippen molar-refractivity contribution in [2.24, 2.45) is 0 Å². The average Bonchev–Trinajstić information content (AvgIpc) is 3.33. The van der Waals surface area contributed by atoms with Crippen LogP contribution in [0.2, 0.25) is 0 Å².